The van der Waals surface area contributed by atoms with Crippen LogP contribution in [0.3, 0.4) is 0 Å². The third-order valence-electron chi connectivity index (χ3n) is 1.60. The lowest BCUT2D eigenvalue weighted by Gasteiger charge is -2.18. The second-order valence-electron chi connectivity index (χ2n) is 2.47. The molecule has 0 saturated carbocycles. The molecule has 13 heavy (non-hydrogen) atoms. The minimum absolute atomic E-state index is 0.110. The first-order valence-corrected chi connectivity index (χ1v) is 3.89. The van der Waals surface area contributed by atoms with Crippen molar-refractivity contribution in [3.63, 3.8) is 0 Å². The Hall–Kier alpha value is -1.55. The number of aliphatic hydroxyl groups is 1. The molecule has 0 aromatic heterocycles. The van der Waals surface area contributed by atoms with Gasteiger partial charge in [-0.3, -0.25) is 4.90 Å². The van der Waals surface area contributed by atoms with Crippen LogP contribution in [-0.4, -0.2) is 24.3 Å². The Bertz CT molecular complexity index is 274. The van der Waals surface area contributed by atoms with E-state index >= 15 is 0 Å². The molecule has 1 aromatic carbocycles. The minimum atomic E-state index is -0.569. The van der Waals surface area contributed by atoms with E-state index in [2.05, 4.69) is 6.07 Å². The third kappa shape index (κ3) is 2.45. The molecule has 0 fully saturated rings. The zero-order valence-electron chi connectivity index (χ0n) is 7.10. The van der Waals surface area contributed by atoms with Crippen molar-refractivity contribution in [1.29, 1.82) is 0 Å². The van der Waals surface area contributed by atoms with Crippen molar-refractivity contribution in [3.05, 3.63) is 30.3 Å². The first-order valence-electron chi connectivity index (χ1n) is 3.89. The van der Waals surface area contributed by atoms with E-state index in [4.69, 9.17) is 10.8 Å². The van der Waals surface area contributed by atoms with Gasteiger partial charge in [0.15, 0.2) is 0 Å². The molecular formula is C9H11N2O2. The van der Waals surface area contributed by atoms with Gasteiger partial charge in [-0.15, -0.1) is 0 Å². The quantitative estimate of drug-likeness (QED) is 0.703. The predicted octanol–water partition coefficient (Wildman–Crippen LogP) is 0.364. The molecule has 0 bridgehead atoms. The van der Waals surface area contributed by atoms with E-state index in [1.165, 1.54) is 4.90 Å². The highest BCUT2D eigenvalue weighted by Gasteiger charge is 2.09. The Labute approximate surface area is 76.6 Å². The van der Waals surface area contributed by atoms with Gasteiger partial charge in [-0.05, 0) is 18.2 Å². The molecule has 2 amide bonds. The third-order valence-corrected chi connectivity index (χ3v) is 1.60. The van der Waals surface area contributed by atoms with E-state index in [0.29, 0.717) is 5.69 Å². The van der Waals surface area contributed by atoms with Crippen LogP contribution in [-0.2, 0) is 0 Å². The van der Waals surface area contributed by atoms with Gasteiger partial charge in [-0.2, -0.15) is 0 Å². The number of benzene rings is 1. The molecule has 1 rings (SSSR count). The highest BCUT2D eigenvalue weighted by atomic mass is 16.3. The fourth-order valence-electron chi connectivity index (χ4n) is 1.02. The number of amides is 2. The molecule has 0 atom stereocenters. The second-order valence-corrected chi connectivity index (χ2v) is 2.47. The molecule has 0 saturated heterocycles. The lowest BCUT2D eigenvalue weighted by molar-refractivity contribution is 0.249. The maximum Gasteiger partial charge on any atom is 0.319 e. The van der Waals surface area contributed by atoms with Crippen LogP contribution < -0.4 is 10.6 Å². The van der Waals surface area contributed by atoms with Gasteiger partial charge >= 0.3 is 6.03 Å². The van der Waals surface area contributed by atoms with Crippen LogP contribution >= 0.6 is 0 Å². The zero-order chi connectivity index (χ0) is 9.68. The number of primary amides is 1. The molecule has 0 aliphatic rings. The molecule has 0 aliphatic heterocycles. The summed E-state index contributed by atoms with van der Waals surface area (Å²) in [6.45, 7) is 0.0981. The predicted molar refractivity (Wildman–Crippen MR) is 49.3 cm³/mol. The van der Waals surface area contributed by atoms with Crippen molar-refractivity contribution in [3.8, 4) is 0 Å². The fraction of sp³-hybridized carbons (Fsp3) is 0.222. The Morgan fingerprint density at radius 1 is 1.54 bits per heavy atom. The Balaban J connectivity index is 2.82. The number of nitrogens with zero attached hydrogens (tertiary/aromatic N) is 1. The summed E-state index contributed by atoms with van der Waals surface area (Å²) in [5, 5.41) is 8.69. The first-order chi connectivity index (χ1) is 6.25. The average Bonchev–Trinajstić information content (AvgIpc) is 2.15. The van der Waals surface area contributed by atoms with Crippen molar-refractivity contribution in [2.24, 2.45) is 5.73 Å². The van der Waals surface area contributed by atoms with Crippen molar-refractivity contribution in [2.45, 2.75) is 0 Å². The molecule has 4 heteroatoms. The molecule has 0 aliphatic carbocycles. The van der Waals surface area contributed by atoms with Gasteiger partial charge in [0.2, 0.25) is 0 Å². The van der Waals surface area contributed by atoms with Crippen molar-refractivity contribution >= 4 is 11.7 Å². The SMILES string of the molecule is NC(=O)N(CCO)c1cc[c]cc1. The molecule has 3 N–H and O–H groups in total. The zero-order valence-corrected chi connectivity index (χ0v) is 7.10. The second kappa shape index (κ2) is 4.47. The summed E-state index contributed by atoms with van der Waals surface area (Å²) in [6, 6.07) is 9.04. The summed E-state index contributed by atoms with van der Waals surface area (Å²) >= 11 is 0. The maximum atomic E-state index is 10.9. The topological polar surface area (TPSA) is 66.6 Å². The van der Waals surface area contributed by atoms with E-state index in [-0.39, 0.29) is 13.2 Å². The van der Waals surface area contributed by atoms with Gasteiger partial charge in [0.25, 0.3) is 0 Å². The van der Waals surface area contributed by atoms with E-state index in [0.717, 1.165) is 0 Å². The lowest BCUT2D eigenvalue weighted by atomic mass is 10.3. The lowest BCUT2D eigenvalue weighted by Crippen LogP contribution is -2.37. The summed E-state index contributed by atoms with van der Waals surface area (Å²) in [6.07, 6.45) is 0. The minimum Gasteiger partial charge on any atom is -0.395 e. The van der Waals surface area contributed by atoms with Gasteiger partial charge in [-0.25, -0.2) is 4.79 Å². The molecular weight excluding hydrogens is 168 g/mol. The summed E-state index contributed by atoms with van der Waals surface area (Å²) in [7, 11) is 0. The summed E-state index contributed by atoms with van der Waals surface area (Å²) in [4.78, 5) is 12.2. The van der Waals surface area contributed by atoms with Crippen molar-refractivity contribution in [1.82, 2.24) is 0 Å². The van der Waals surface area contributed by atoms with Crippen LogP contribution in [0.5, 0.6) is 0 Å². The van der Waals surface area contributed by atoms with Crippen LogP contribution in [0.4, 0.5) is 10.5 Å². The van der Waals surface area contributed by atoms with E-state index < -0.39 is 6.03 Å². The number of urea groups is 1. The van der Waals surface area contributed by atoms with Crippen molar-refractivity contribution in [2.75, 3.05) is 18.1 Å². The highest BCUT2D eigenvalue weighted by molar-refractivity contribution is 5.90. The van der Waals surface area contributed by atoms with Gasteiger partial charge < -0.3 is 10.8 Å². The number of carbonyl (C=O) groups is 1. The molecule has 1 aromatic rings. The fourth-order valence-corrected chi connectivity index (χ4v) is 1.02. The molecule has 0 unspecified atom stereocenters. The normalized spacial score (nSPS) is 9.62. The van der Waals surface area contributed by atoms with Crippen molar-refractivity contribution < 1.29 is 9.90 Å². The summed E-state index contributed by atoms with van der Waals surface area (Å²) in [5.41, 5.74) is 5.79. The largest absolute Gasteiger partial charge is 0.395 e. The number of hydrogen-bond donors (Lipinski definition) is 2. The molecule has 1 radical (unpaired) electrons. The molecule has 69 valence electrons. The summed E-state index contributed by atoms with van der Waals surface area (Å²) < 4.78 is 0. The summed E-state index contributed by atoms with van der Waals surface area (Å²) in [5.74, 6) is 0. The van der Waals surface area contributed by atoms with Crippen LogP contribution in [0, 0.1) is 6.07 Å². The van der Waals surface area contributed by atoms with Gasteiger partial charge in [0.1, 0.15) is 0 Å². The van der Waals surface area contributed by atoms with Crippen LogP contribution in [0.2, 0.25) is 0 Å². The van der Waals surface area contributed by atoms with E-state index in [1.54, 1.807) is 24.3 Å². The Morgan fingerprint density at radius 3 is 2.62 bits per heavy atom. The average molecular weight is 179 g/mol. The Kier molecular flexibility index (Phi) is 3.28. The van der Waals surface area contributed by atoms with Crippen LogP contribution in [0.15, 0.2) is 24.3 Å². The monoisotopic (exact) mass is 179 g/mol. The number of carbonyl (C=O) groups excluding carboxylic acids is 1. The molecule has 0 heterocycles. The van der Waals surface area contributed by atoms with E-state index in [1.807, 2.05) is 0 Å². The number of hydrogen-bond acceptors (Lipinski definition) is 2. The standard InChI is InChI=1S/C9H11N2O2/c10-9(13)11(6-7-12)8-4-2-1-3-5-8/h2-5,12H,6-7H2,(H2,10,13). The number of anilines is 1. The number of rotatable bonds is 3. The number of nitrogens with two attached hydrogens (primary N) is 1. The smallest absolute Gasteiger partial charge is 0.319 e. The van der Waals surface area contributed by atoms with Gasteiger partial charge in [-0.1, -0.05) is 12.1 Å². The van der Waals surface area contributed by atoms with E-state index in [9.17, 15) is 4.79 Å². The first kappa shape index (κ1) is 9.54. The highest BCUT2D eigenvalue weighted by Crippen LogP contribution is 2.11. The molecule has 0 spiro atoms. The molecule has 4 nitrogen and oxygen atoms in total. The van der Waals surface area contributed by atoms with Gasteiger partial charge in [0, 0.05) is 5.69 Å². The maximum absolute atomic E-state index is 10.9. The number of aliphatic hydroxyl groups excluding tert-OH is 1. The van der Waals surface area contributed by atoms with Crippen LogP contribution in [0.1, 0.15) is 0 Å². The van der Waals surface area contributed by atoms with Gasteiger partial charge in [0.05, 0.1) is 13.2 Å². The Morgan fingerprint density at radius 2 is 2.15 bits per heavy atom. The van der Waals surface area contributed by atoms with Crippen LogP contribution in [0.25, 0.3) is 0 Å².